The molecule has 0 aromatic rings. The van der Waals surface area contributed by atoms with Gasteiger partial charge in [0.1, 0.15) is 24.2 Å². The maximum Gasteiger partial charge on any atom is 0.326 e. The highest BCUT2D eigenvalue weighted by Gasteiger charge is 2.30. The van der Waals surface area contributed by atoms with Crippen molar-refractivity contribution in [3.05, 3.63) is 0 Å². The Morgan fingerprint density at radius 1 is 0.882 bits per heavy atom. The van der Waals surface area contributed by atoms with Crippen LogP contribution in [0.4, 0.5) is 0 Å². The van der Waals surface area contributed by atoms with E-state index in [2.05, 4.69) is 20.9 Å². The quantitative estimate of drug-likeness (QED) is 0.0525. The number of guanidine groups is 1. The molecule has 0 aromatic heterocycles. The summed E-state index contributed by atoms with van der Waals surface area (Å²) in [6, 6.07) is -5.22. The monoisotopic (exact) mass is 490 g/mol. The summed E-state index contributed by atoms with van der Waals surface area (Å²) in [5, 5.41) is 35.3. The molecule has 0 bridgehead atoms. The number of unbranched alkanes of at least 4 members (excludes halogenated alkanes) is 1. The maximum absolute atomic E-state index is 12.8. The van der Waals surface area contributed by atoms with E-state index in [9.17, 15) is 34.5 Å². The molecule has 15 nitrogen and oxygen atoms in total. The first-order chi connectivity index (χ1) is 15.9. The molecule has 0 aromatic carbocycles. The molecule has 0 heterocycles. The number of hydrogen-bond acceptors (Lipinski definition) is 9. The third-order valence-electron chi connectivity index (χ3n) is 4.78. The number of aliphatic hydroxyl groups is 2. The Morgan fingerprint density at radius 2 is 1.41 bits per heavy atom. The van der Waals surface area contributed by atoms with Crippen molar-refractivity contribution < 1.29 is 34.5 Å². The number of nitrogens with zero attached hydrogens (tertiary/aromatic N) is 1. The van der Waals surface area contributed by atoms with Crippen LogP contribution in [0.5, 0.6) is 0 Å². The van der Waals surface area contributed by atoms with Crippen LogP contribution < -0.4 is 38.9 Å². The average Bonchev–Trinajstić information content (AvgIpc) is 2.77. The molecule has 5 unspecified atom stereocenters. The van der Waals surface area contributed by atoms with Crippen molar-refractivity contribution in [3.8, 4) is 0 Å². The lowest BCUT2D eigenvalue weighted by Gasteiger charge is -2.24. The fourth-order valence-electron chi connectivity index (χ4n) is 2.75. The highest BCUT2D eigenvalue weighted by molar-refractivity contribution is 5.94. The molecule has 0 radical (unpaired) electrons. The van der Waals surface area contributed by atoms with Gasteiger partial charge in [0.25, 0.3) is 0 Å². The van der Waals surface area contributed by atoms with Crippen LogP contribution in [0.15, 0.2) is 4.99 Å². The number of carboxylic acid groups (broad SMARTS) is 1. The van der Waals surface area contributed by atoms with Crippen molar-refractivity contribution in [1.29, 1.82) is 0 Å². The van der Waals surface area contributed by atoms with Gasteiger partial charge in [-0.05, 0) is 45.6 Å². The standard InChI is InChI=1S/C19H38N8O7/c1-10(29)14(21)17(32)27-13(9-28)16(31)25-11(6-4-8-24-19(22)23)15(30)26-12(18(33)34)5-2-3-7-20/h10-14,28-29H,2-9,20-21H2,1H3,(H,25,31)(H,26,30)(H,27,32)(H,33,34)(H4,22,23,24). The number of carboxylic acids is 1. The van der Waals surface area contributed by atoms with Crippen molar-refractivity contribution in [2.75, 3.05) is 19.7 Å². The number of aliphatic carboxylic acids is 1. The second-order valence-corrected chi connectivity index (χ2v) is 7.70. The Morgan fingerprint density at radius 3 is 1.91 bits per heavy atom. The summed E-state index contributed by atoms with van der Waals surface area (Å²) < 4.78 is 0. The summed E-state index contributed by atoms with van der Waals surface area (Å²) in [6.45, 7) is 0.978. The lowest BCUT2D eigenvalue weighted by atomic mass is 10.1. The van der Waals surface area contributed by atoms with Crippen LogP contribution in [0.3, 0.4) is 0 Å². The summed E-state index contributed by atoms with van der Waals surface area (Å²) in [5.41, 5.74) is 21.5. The minimum atomic E-state index is -1.47. The number of carbonyl (C=O) groups is 4. The summed E-state index contributed by atoms with van der Waals surface area (Å²) in [7, 11) is 0. The molecular weight excluding hydrogens is 452 g/mol. The van der Waals surface area contributed by atoms with E-state index in [4.69, 9.17) is 22.9 Å². The molecular formula is C19H38N8O7. The first kappa shape index (κ1) is 31.0. The Hall–Kier alpha value is -3.01. The molecule has 0 saturated carbocycles. The van der Waals surface area contributed by atoms with Gasteiger partial charge in [-0.2, -0.15) is 0 Å². The zero-order valence-corrected chi connectivity index (χ0v) is 19.3. The number of nitrogens with one attached hydrogen (secondary N) is 3. The molecule has 0 aliphatic heterocycles. The Balaban J connectivity index is 5.38. The van der Waals surface area contributed by atoms with E-state index in [1.807, 2.05) is 0 Å². The molecule has 15 heteroatoms. The first-order valence-corrected chi connectivity index (χ1v) is 10.9. The number of aliphatic hydroxyl groups excluding tert-OH is 2. The number of carbonyl (C=O) groups excluding carboxylic acids is 3. The van der Waals surface area contributed by atoms with Crippen LogP contribution in [0, 0.1) is 0 Å². The molecule has 3 amide bonds. The van der Waals surface area contributed by atoms with E-state index in [0.717, 1.165) is 0 Å². The fourth-order valence-corrected chi connectivity index (χ4v) is 2.75. The molecule has 0 rings (SSSR count). The Kier molecular flexibility index (Phi) is 15.1. The van der Waals surface area contributed by atoms with Gasteiger partial charge in [-0.3, -0.25) is 19.4 Å². The van der Waals surface area contributed by atoms with Gasteiger partial charge in [0.2, 0.25) is 17.7 Å². The first-order valence-electron chi connectivity index (χ1n) is 10.9. The van der Waals surface area contributed by atoms with Gasteiger partial charge in [0, 0.05) is 6.54 Å². The van der Waals surface area contributed by atoms with Crippen LogP contribution in [0.1, 0.15) is 39.0 Å². The van der Waals surface area contributed by atoms with Gasteiger partial charge in [-0.1, -0.05) is 0 Å². The SMILES string of the molecule is CC(O)C(N)C(=O)NC(CO)C(=O)NC(CCCN=C(N)N)C(=O)NC(CCCCN)C(=O)O. The van der Waals surface area contributed by atoms with Crippen LogP contribution in [0.2, 0.25) is 0 Å². The normalized spacial score (nSPS) is 15.2. The highest BCUT2D eigenvalue weighted by Crippen LogP contribution is 2.05. The largest absolute Gasteiger partial charge is 0.480 e. The molecule has 0 saturated heterocycles. The molecule has 0 aliphatic rings. The predicted octanol–water partition coefficient (Wildman–Crippen LogP) is -4.59. The van der Waals surface area contributed by atoms with Gasteiger partial charge in [-0.25, -0.2) is 4.79 Å². The van der Waals surface area contributed by atoms with Crippen LogP contribution in [-0.2, 0) is 19.2 Å². The summed E-state index contributed by atoms with van der Waals surface area (Å²) in [6.07, 6.45) is 0.262. The van der Waals surface area contributed by atoms with Crippen LogP contribution in [-0.4, -0.2) is 94.9 Å². The van der Waals surface area contributed by atoms with Gasteiger partial charge in [0.05, 0.1) is 12.7 Å². The molecule has 34 heavy (non-hydrogen) atoms. The maximum atomic E-state index is 12.8. The van der Waals surface area contributed by atoms with Crippen molar-refractivity contribution >= 4 is 29.7 Å². The lowest BCUT2D eigenvalue weighted by Crippen LogP contribution is -2.59. The molecule has 5 atom stereocenters. The average molecular weight is 491 g/mol. The van der Waals surface area contributed by atoms with Crippen LogP contribution in [0.25, 0.3) is 0 Å². The zero-order valence-electron chi connectivity index (χ0n) is 19.3. The van der Waals surface area contributed by atoms with E-state index in [-0.39, 0.29) is 31.8 Å². The molecule has 14 N–H and O–H groups in total. The third-order valence-corrected chi connectivity index (χ3v) is 4.78. The number of hydrogen-bond donors (Lipinski definition) is 10. The Labute approximate surface area is 197 Å². The summed E-state index contributed by atoms with van der Waals surface area (Å²) in [4.78, 5) is 52.7. The van der Waals surface area contributed by atoms with Gasteiger partial charge >= 0.3 is 5.97 Å². The molecule has 196 valence electrons. The minimum Gasteiger partial charge on any atom is -0.480 e. The van der Waals surface area contributed by atoms with E-state index < -0.39 is 60.6 Å². The molecule has 0 fully saturated rings. The van der Waals surface area contributed by atoms with Crippen molar-refractivity contribution in [1.82, 2.24) is 16.0 Å². The topological polar surface area (TPSA) is 282 Å². The van der Waals surface area contributed by atoms with Gasteiger partial charge < -0.3 is 54.2 Å². The number of amides is 3. The second-order valence-electron chi connectivity index (χ2n) is 7.70. The van der Waals surface area contributed by atoms with E-state index >= 15 is 0 Å². The van der Waals surface area contributed by atoms with Gasteiger partial charge in [0.15, 0.2) is 5.96 Å². The van der Waals surface area contributed by atoms with Crippen molar-refractivity contribution in [3.63, 3.8) is 0 Å². The number of aliphatic imine (C=N–C) groups is 1. The Bertz CT molecular complexity index is 700. The fraction of sp³-hybridized carbons (Fsp3) is 0.737. The van der Waals surface area contributed by atoms with Crippen molar-refractivity contribution in [2.24, 2.45) is 27.9 Å². The molecule has 0 spiro atoms. The van der Waals surface area contributed by atoms with Crippen molar-refractivity contribution in [2.45, 2.75) is 69.3 Å². The van der Waals surface area contributed by atoms with Gasteiger partial charge in [-0.15, -0.1) is 0 Å². The smallest absolute Gasteiger partial charge is 0.326 e. The minimum absolute atomic E-state index is 0.0305. The van der Waals surface area contributed by atoms with E-state index in [1.54, 1.807) is 0 Å². The van der Waals surface area contributed by atoms with Crippen LogP contribution >= 0.6 is 0 Å². The summed E-state index contributed by atoms with van der Waals surface area (Å²) in [5.74, 6) is -3.98. The predicted molar refractivity (Wildman–Crippen MR) is 123 cm³/mol. The second kappa shape index (κ2) is 16.6. The zero-order chi connectivity index (χ0) is 26.3. The molecule has 0 aliphatic carbocycles. The number of rotatable bonds is 17. The number of nitrogens with two attached hydrogens (primary N) is 4. The van der Waals surface area contributed by atoms with E-state index in [1.165, 1.54) is 6.92 Å². The third kappa shape index (κ3) is 12.3. The lowest BCUT2D eigenvalue weighted by molar-refractivity contribution is -0.142. The highest BCUT2D eigenvalue weighted by atomic mass is 16.4. The summed E-state index contributed by atoms with van der Waals surface area (Å²) >= 11 is 0. The van der Waals surface area contributed by atoms with E-state index in [0.29, 0.717) is 19.4 Å².